The SMILES string of the molecule is CC(=O)Nc1ccc2c3c(cc(O)c2c1)N(C(=O)CNC(=O)c1cc(NC(=O)CCC(=O)Nc2ccc4c5c(cc(O)c4c2)N(C(=O)OC(C)(C)C)CC5CCl)cn1C)CC3CCl. The second-order valence-electron chi connectivity index (χ2n) is 16.7. The van der Waals surface area contributed by atoms with Gasteiger partial charge in [0.05, 0.1) is 23.6 Å². The van der Waals surface area contributed by atoms with Gasteiger partial charge in [0, 0.05) is 104 Å². The van der Waals surface area contributed by atoms with Gasteiger partial charge in [-0.05, 0) is 73.0 Å². The Morgan fingerprint density at radius 1 is 0.714 bits per heavy atom. The van der Waals surface area contributed by atoms with Crippen molar-refractivity contribution in [1.82, 2.24) is 9.88 Å². The van der Waals surface area contributed by atoms with Crippen LogP contribution in [0.25, 0.3) is 21.5 Å². The maximum atomic E-state index is 13.5. The molecule has 0 bridgehead atoms. The topological polar surface area (TPSA) is 212 Å². The van der Waals surface area contributed by atoms with Crippen molar-refractivity contribution in [1.29, 1.82) is 0 Å². The molecule has 6 amide bonds. The number of carbonyl (C=O) groups excluding carboxylic acids is 6. The van der Waals surface area contributed by atoms with Crippen LogP contribution in [0.2, 0.25) is 0 Å². The summed E-state index contributed by atoms with van der Waals surface area (Å²) in [4.78, 5) is 80.2. The summed E-state index contributed by atoms with van der Waals surface area (Å²) >= 11 is 12.7. The molecular formula is C45H47Cl2N7O9. The highest BCUT2D eigenvalue weighted by atomic mass is 35.5. The Balaban J connectivity index is 0.937. The van der Waals surface area contributed by atoms with Crippen molar-refractivity contribution in [2.45, 2.75) is 58.0 Å². The van der Waals surface area contributed by atoms with Gasteiger partial charge in [-0.2, -0.15) is 0 Å². The average molecular weight is 901 g/mol. The molecule has 6 N–H and O–H groups in total. The normalized spacial score (nSPS) is 15.5. The highest BCUT2D eigenvalue weighted by Crippen LogP contribution is 2.47. The first-order valence-electron chi connectivity index (χ1n) is 20.2. The van der Waals surface area contributed by atoms with Crippen LogP contribution in [0.5, 0.6) is 11.5 Å². The lowest BCUT2D eigenvalue weighted by Gasteiger charge is -2.25. The standard InChI is InChI=1S/C45H47Cl2N7O9/c1-23(55)49-26-6-8-29-31(12-26)36(56)15-33-41(29)24(17-46)20-53(33)40(60)19-48-43(61)35-14-28(22-52(35)5)51-39(59)11-10-38(58)50-27-7-9-30-32(13-27)37(57)16-34-42(30)25(18-47)21-54(34)44(62)63-45(2,3)4/h6-9,12-16,22,24-25,56-57H,10-11,17-21H2,1-5H3,(H,48,61)(H,49,55)(H,50,58)(H,51,59). The van der Waals surface area contributed by atoms with E-state index < -0.39 is 35.3 Å². The van der Waals surface area contributed by atoms with E-state index in [1.165, 1.54) is 45.7 Å². The van der Waals surface area contributed by atoms with E-state index in [1.807, 2.05) is 0 Å². The number of nitrogens with zero attached hydrogens (tertiary/aromatic N) is 3. The molecule has 4 aromatic carbocycles. The van der Waals surface area contributed by atoms with Crippen LogP contribution in [0, 0.1) is 0 Å². The number of anilines is 5. The molecule has 0 spiro atoms. The molecule has 2 atom stereocenters. The van der Waals surface area contributed by atoms with Crippen LogP contribution < -0.4 is 31.1 Å². The van der Waals surface area contributed by atoms with E-state index in [9.17, 15) is 39.0 Å². The van der Waals surface area contributed by atoms with Crippen molar-refractivity contribution >= 4 is 109 Å². The summed E-state index contributed by atoms with van der Waals surface area (Å²) in [6.45, 7) is 6.86. The summed E-state index contributed by atoms with van der Waals surface area (Å²) in [5.41, 5.74) is 3.21. The number of alkyl halides is 2. The first-order chi connectivity index (χ1) is 29.8. The molecule has 0 radical (unpaired) electrons. The summed E-state index contributed by atoms with van der Waals surface area (Å²) < 4.78 is 7.07. The quantitative estimate of drug-likeness (QED) is 0.0737. The number of amides is 6. The van der Waals surface area contributed by atoms with Gasteiger partial charge in [-0.25, -0.2) is 4.79 Å². The van der Waals surface area contributed by atoms with Crippen molar-refractivity contribution in [2.24, 2.45) is 7.05 Å². The molecule has 7 rings (SSSR count). The molecule has 18 heteroatoms. The minimum atomic E-state index is -0.716. The molecule has 2 aliphatic heterocycles. The zero-order chi connectivity index (χ0) is 45.5. The van der Waals surface area contributed by atoms with Crippen LogP contribution >= 0.6 is 23.2 Å². The maximum absolute atomic E-state index is 13.5. The third-order valence-electron chi connectivity index (χ3n) is 10.9. The lowest BCUT2D eigenvalue weighted by atomic mass is 9.95. The molecule has 1 aromatic heterocycles. The number of benzene rings is 4. The summed E-state index contributed by atoms with van der Waals surface area (Å²) in [6.07, 6.45) is 0.638. The van der Waals surface area contributed by atoms with Gasteiger partial charge in [0.15, 0.2) is 0 Å². The van der Waals surface area contributed by atoms with Crippen LogP contribution in [0.4, 0.5) is 33.2 Å². The molecule has 2 aliphatic rings. The van der Waals surface area contributed by atoms with Gasteiger partial charge in [0.1, 0.15) is 22.8 Å². The fourth-order valence-corrected chi connectivity index (χ4v) is 8.67. The van der Waals surface area contributed by atoms with E-state index in [4.69, 9.17) is 27.9 Å². The number of nitrogens with one attached hydrogen (secondary N) is 4. The van der Waals surface area contributed by atoms with Crippen LogP contribution in [-0.2, 0) is 31.0 Å². The fourth-order valence-electron chi connectivity index (χ4n) is 8.16. The Bertz CT molecular complexity index is 2710. The predicted octanol–water partition coefficient (Wildman–Crippen LogP) is 7.24. The number of fused-ring (bicyclic) bond motifs is 6. The monoisotopic (exact) mass is 899 g/mol. The van der Waals surface area contributed by atoms with E-state index >= 15 is 0 Å². The molecule has 0 fully saturated rings. The van der Waals surface area contributed by atoms with Gasteiger partial charge in [-0.1, -0.05) is 12.1 Å². The smallest absolute Gasteiger partial charge is 0.414 e. The van der Waals surface area contributed by atoms with Gasteiger partial charge in [0.2, 0.25) is 23.6 Å². The maximum Gasteiger partial charge on any atom is 0.414 e. The fraction of sp³-hybridized carbons (Fsp3) is 0.333. The molecular weight excluding hydrogens is 853 g/mol. The molecule has 0 aliphatic carbocycles. The summed E-state index contributed by atoms with van der Waals surface area (Å²) in [5.74, 6) is -2.40. The number of carbonyl (C=O) groups is 6. The first kappa shape index (κ1) is 44.5. The van der Waals surface area contributed by atoms with Gasteiger partial charge in [0.25, 0.3) is 5.91 Å². The number of rotatable bonds is 11. The summed E-state index contributed by atoms with van der Waals surface area (Å²) in [5, 5.41) is 35.1. The first-order valence-corrected chi connectivity index (χ1v) is 21.3. The molecule has 2 unspecified atom stereocenters. The summed E-state index contributed by atoms with van der Waals surface area (Å²) in [6, 6.07) is 14.6. The van der Waals surface area contributed by atoms with E-state index in [2.05, 4.69) is 21.3 Å². The molecule has 5 aromatic rings. The van der Waals surface area contributed by atoms with Crippen molar-refractivity contribution in [3.63, 3.8) is 0 Å². The highest BCUT2D eigenvalue weighted by molar-refractivity contribution is 6.19. The van der Waals surface area contributed by atoms with Crippen LogP contribution in [0.1, 0.15) is 74.0 Å². The lowest BCUT2D eigenvalue weighted by molar-refractivity contribution is -0.121. The zero-order valence-electron chi connectivity index (χ0n) is 35.2. The number of aromatic nitrogens is 1. The van der Waals surface area contributed by atoms with Crippen LogP contribution in [0.3, 0.4) is 0 Å². The molecule has 0 saturated carbocycles. The Labute approximate surface area is 372 Å². The number of halogens is 2. The number of hydrogen-bond donors (Lipinski definition) is 6. The molecule has 0 saturated heterocycles. The largest absolute Gasteiger partial charge is 0.507 e. The number of phenols is 2. The number of aryl methyl sites for hydroxylation is 1. The number of hydrogen-bond acceptors (Lipinski definition) is 9. The molecule has 63 heavy (non-hydrogen) atoms. The second-order valence-corrected chi connectivity index (χ2v) is 17.3. The van der Waals surface area contributed by atoms with Gasteiger partial charge in [-0.3, -0.25) is 28.9 Å². The average Bonchev–Trinajstić information content (AvgIpc) is 3.91. The van der Waals surface area contributed by atoms with Crippen molar-refractivity contribution in [2.75, 3.05) is 57.1 Å². The number of ether oxygens (including phenoxy) is 1. The predicted molar refractivity (Wildman–Crippen MR) is 243 cm³/mol. The van der Waals surface area contributed by atoms with E-state index in [-0.39, 0.29) is 79.2 Å². The van der Waals surface area contributed by atoms with Gasteiger partial charge < -0.3 is 45.7 Å². The number of phenolic OH excluding ortho intramolecular Hbond substituents is 2. The van der Waals surface area contributed by atoms with E-state index in [1.54, 1.807) is 64.2 Å². The third kappa shape index (κ3) is 9.32. The van der Waals surface area contributed by atoms with Crippen molar-refractivity contribution in [3.05, 3.63) is 77.6 Å². The van der Waals surface area contributed by atoms with Crippen LogP contribution in [0.15, 0.2) is 60.8 Å². The van der Waals surface area contributed by atoms with Gasteiger partial charge >= 0.3 is 6.09 Å². The van der Waals surface area contributed by atoms with Gasteiger partial charge in [-0.15, -0.1) is 23.2 Å². The van der Waals surface area contributed by atoms with E-state index in [0.717, 1.165) is 11.1 Å². The number of aromatic hydroxyl groups is 2. The Kier molecular flexibility index (Phi) is 12.5. The van der Waals surface area contributed by atoms with Crippen molar-refractivity contribution < 1.29 is 43.7 Å². The van der Waals surface area contributed by atoms with E-state index in [0.29, 0.717) is 50.0 Å². The molecule has 16 nitrogen and oxygen atoms in total. The Morgan fingerprint density at radius 3 is 1.75 bits per heavy atom. The molecule has 330 valence electrons. The second kappa shape index (κ2) is 17.7. The zero-order valence-corrected chi connectivity index (χ0v) is 36.7. The Hall–Kier alpha value is -6.52. The third-order valence-corrected chi connectivity index (χ3v) is 11.6. The Morgan fingerprint density at radius 2 is 1.22 bits per heavy atom. The lowest BCUT2D eigenvalue weighted by Crippen LogP contribution is -2.40. The minimum absolute atomic E-state index is 0.0845. The molecule has 3 heterocycles. The van der Waals surface area contributed by atoms with Crippen molar-refractivity contribution in [3.8, 4) is 11.5 Å². The highest BCUT2D eigenvalue weighted by Gasteiger charge is 2.37. The van der Waals surface area contributed by atoms with Crippen LogP contribution in [-0.4, -0.2) is 87.4 Å². The summed E-state index contributed by atoms with van der Waals surface area (Å²) in [7, 11) is 1.61. The minimum Gasteiger partial charge on any atom is -0.507 e.